The number of hydrazine groups is 1. The molecular formula is C23H37N3O5S. The molecule has 0 unspecified atom stereocenters. The van der Waals surface area contributed by atoms with Gasteiger partial charge in [-0.2, -0.15) is 0 Å². The number of sulfonamides is 1. The first kappa shape index (κ1) is 27.8. The van der Waals surface area contributed by atoms with Crippen molar-refractivity contribution in [2.45, 2.75) is 47.0 Å². The van der Waals surface area contributed by atoms with Crippen molar-refractivity contribution in [2.24, 2.45) is 23.7 Å². The van der Waals surface area contributed by atoms with E-state index in [-0.39, 0.29) is 24.8 Å². The number of benzene rings is 1. The number of nitrogens with zero attached hydrogens (tertiary/aromatic N) is 1. The zero-order valence-corrected chi connectivity index (χ0v) is 20.4. The highest BCUT2D eigenvalue weighted by Gasteiger charge is 2.35. The van der Waals surface area contributed by atoms with Crippen LogP contribution in [0.25, 0.3) is 6.08 Å². The number of hydrogen-bond acceptors (Lipinski definition) is 5. The van der Waals surface area contributed by atoms with Crippen molar-refractivity contribution < 1.29 is 23.2 Å². The third-order valence-corrected chi connectivity index (χ3v) is 6.35. The molecule has 0 aliphatic heterocycles. The van der Waals surface area contributed by atoms with Gasteiger partial charge < -0.3 is 0 Å². The minimum atomic E-state index is -3.69. The molecule has 0 aliphatic carbocycles. The van der Waals surface area contributed by atoms with E-state index in [0.29, 0.717) is 6.42 Å². The average Bonchev–Trinajstić information content (AvgIpc) is 2.74. The summed E-state index contributed by atoms with van der Waals surface area (Å²) in [6.45, 7) is 7.81. The van der Waals surface area contributed by atoms with E-state index in [0.717, 1.165) is 22.7 Å². The van der Waals surface area contributed by atoms with Gasteiger partial charge in [-0.3, -0.25) is 20.2 Å². The van der Waals surface area contributed by atoms with Crippen LogP contribution in [0.2, 0.25) is 0 Å². The van der Waals surface area contributed by atoms with Gasteiger partial charge in [-0.05, 0) is 30.2 Å². The normalized spacial score (nSPS) is 15.0. The Bertz CT molecular complexity index is 856. The Hall–Kier alpha value is -2.23. The second-order valence-electron chi connectivity index (χ2n) is 8.65. The summed E-state index contributed by atoms with van der Waals surface area (Å²) in [5, 5.41) is 9.29. The molecule has 0 bridgehead atoms. The number of nitrogens with one attached hydrogen (secondary N) is 2. The van der Waals surface area contributed by atoms with Gasteiger partial charge in [0.05, 0.1) is 18.1 Å². The molecule has 180 valence electrons. The fourth-order valence-electron chi connectivity index (χ4n) is 3.30. The van der Waals surface area contributed by atoms with Gasteiger partial charge in [-0.15, -0.1) is 4.41 Å². The van der Waals surface area contributed by atoms with Gasteiger partial charge >= 0.3 is 0 Å². The summed E-state index contributed by atoms with van der Waals surface area (Å²) < 4.78 is 25.4. The zero-order chi connectivity index (χ0) is 24.3. The molecule has 9 heteroatoms. The summed E-state index contributed by atoms with van der Waals surface area (Å²) in [4.78, 5) is 25.7. The van der Waals surface area contributed by atoms with Crippen LogP contribution in [0.4, 0.5) is 0 Å². The molecule has 0 fully saturated rings. The van der Waals surface area contributed by atoms with E-state index in [1.807, 2.05) is 64.1 Å². The molecule has 1 aromatic carbocycles. The quantitative estimate of drug-likeness (QED) is 0.304. The topological polar surface area (TPSA) is 116 Å². The number of rotatable bonds is 13. The summed E-state index contributed by atoms with van der Waals surface area (Å²) in [5.41, 5.74) is 5.12. The molecule has 1 rings (SSSR count). The largest absolute Gasteiger partial charge is 0.289 e. The molecule has 8 nitrogen and oxygen atoms in total. The average molecular weight is 468 g/mol. The number of hydroxylamine groups is 1. The molecule has 1 aromatic rings. The van der Waals surface area contributed by atoms with Gasteiger partial charge in [0.2, 0.25) is 21.8 Å². The van der Waals surface area contributed by atoms with E-state index in [1.165, 1.54) is 0 Å². The van der Waals surface area contributed by atoms with Crippen molar-refractivity contribution in [1.29, 1.82) is 0 Å². The number of hydrogen-bond donors (Lipinski definition) is 3. The summed E-state index contributed by atoms with van der Waals surface area (Å²) in [6, 6.07) is 9.51. The van der Waals surface area contributed by atoms with Crippen LogP contribution in [0.5, 0.6) is 0 Å². The lowest BCUT2D eigenvalue weighted by Crippen LogP contribution is -2.51. The van der Waals surface area contributed by atoms with Gasteiger partial charge in [-0.25, -0.2) is 13.9 Å². The van der Waals surface area contributed by atoms with Crippen LogP contribution in [0, 0.1) is 23.7 Å². The highest BCUT2D eigenvalue weighted by molar-refractivity contribution is 7.88. The smallest absolute Gasteiger partial charge is 0.247 e. The predicted octanol–water partition coefficient (Wildman–Crippen LogP) is 3.21. The maximum atomic E-state index is 13.2. The Labute approximate surface area is 192 Å². The Balaban J connectivity index is 3.15. The van der Waals surface area contributed by atoms with Crippen molar-refractivity contribution in [3.8, 4) is 0 Å². The first-order valence-corrected chi connectivity index (χ1v) is 12.8. The lowest BCUT2D eigenvalue weighted by Gasteiger charge is -2.29. The summed E-state index contributed by atoms with van der Waals surface area (Å²) in [5.74, 6) is -2.83. The Morgan fingerprint density at radius 3 is 2.22 bits per heavy atom. The van der Waals surface area contributed by atoms with Gasteiger partial charge in [0.15, 0.2) is 0 Å². The van der Waals surface area contributed by atoms with Gasteiger partial charge in [-0.1, -0.05) is 76.6 Å². The van der Waals surface area contributed by atoms with Gasteiger partial charge in [0, 0.05) is 6.54 Å². The van der Waals surface area contributed by atoms with Crippen molar-refractivity contribution in [3.05, 3.63) is 42.0 Å². The van der Waals surface area contributed by atoms with Crippen molar-refractivity contribution in [1.82, 2.24) is 15.3 Å². The van der Waals surface area contributed by atoms with Gasteiger partial charge in [0.25, 0.3) is 0 Å². The molecule has 32 heavy (non-hydrogen) atoms. The third kappa shape index (κ3) is 9.50. The first-order chi connectivity index (χ1) is 15.0. The Kier molecular flexibility index (Phi) is 11.6. The van der Waals surface area contributed by atoms with E-state index >= 15 is 0 Å². The minimum Gasteiger partial charge on any atom is -0.289 e. The molecule has 3 N–H and O–H groups in total. The van der Waals surface area contributed by atoms with Crippen LogP contribution >= 0.6 is 0 Å². The summed E-state index contributed by atoms with van der Waals surface area (Å²) in [7, 11) is -3.69. The molecule has 0 saturated heterocycles. The standard InChI is InChI=1S/C23H37N3O5S/c1-6-18(4)16-26(32(5,30)31)24-22(27)21(15-17(2)3)20(23(28)25-29)14-10-13-19-11-8-7-9-12-19/h7-13,17-18,20-21,29H,6,14-16H2,1-5H3,(H,24,27)(H,25,28)/t18-,20-,21+/m0/s1. The van der Waals surface area contributed by atoms with E-state index < -0.39 is 33.7 Å². The van der Waals surface area contributed by atoms with E-state index in [1.54, 1.807) is 11.6 Å². The molecule has 0 aromatic heterocycles. The van der Waals surface area contributed by atoms with Crippen molar-refractivity contribution in [3.63, 3.8) is 0 Å². The van der Waals surface area contributed by atoms with Gasteiger partial charge in [0.1, 0.15) is 0 Å². The summed E-state index contributed by atoms with van der Waals surface area (Å²) >= 11 is 0. The van der Waals surface area contributed by atoms with Crippen LogP contribution in [0.3, 0.4) is 0 Å². The van der Waals surface area contributed by atoms with E-state index in [2.05, 4.69) is 5.43 Å². The third-order valence-electron chi connectivity index (χ3n) is 5.30. The maximum Gasteiger partial charge on any atom is 0.247 e. The predicted molar refractivity (Wildman–Crippen MR) is 126 cm³/mol. The van der Waals surface area contributed by atoms with Crippen LogP contribution in [-0.2, 0) is 19.6 Å². The lowest BCUT2D eigenvalue weighted by molar-refractivity contribution is -0.142. The second-order valence-corrected chi connectivity index (χ2v) is 10.6. The number of carbonyl (C=O) groups is 2. The Morgan fingerprint density at radius 2 is 1.72 bits per heavy atom. The SMILES string of the molecule is CC[C@H](C)CN(NC(=O)[C@H](CC(C)C)[C@H](CC=Cc1ccccc1)C(=O)NO)S(C)(=O)=O. The Morgan fingerprint density at radius 1 is 1.09 bits per heavy atom. The molecule has 0 heterocycles. The lowest BCUT2D eigenvalue weighted by atomic mass is 9.82. The molecule has 0 spiro atoms. The molecule has 3 atom stereocenters. The van der Waals surface area contributed by atoms with Crippen molar-refractivity contribution in [2.75, 3.05) is 12.8 Å². The van der Waals surface area contributed by atoms with Crippen LogP contribution in [-0.4, -0.2) is 42.7 Å². The highest BCUT2D eigenvalue weighted by atomic mass is 32.2. The van der Waals surface area contributed by atoms with E-state index in [9.17, 15) is 23.2 Å². The van der Waals surface area contributed by atoms with E-state index in [4.69, 9.17) is 0 Å². The molecule has 0 radical (unpaired) electrons. The first-order valence-electron chi connectivity index (χ1n) is 10.9. The summed E-state index contributed by atoms with van der Waals surface area (Å²) in [6.07, 6.45) is 5.96. The molecular weight excluding hydrogens is 430 g/mol. The van der Waals surface area contributed by atoms with Crippen molar-refractivity contribution >= 4 is 27.9 Å². The number of allylic oxidation sites excluding steroid dienone is 1. The zero-order valence-electron chi connectivity index (χ0n) is 19.6. The number of amides is 2. The fourth-order valence-corrected chi connectivity index (χ4v) is 4.08. The monoisotopic (exact) mass is 467 g/mol. The fraction of sp³-hybridized carbons (Fsp3) is 0.565. The maximum absolute atomic E-state index is 13.2. The van der Waals surface area contributed by atoms with Crippen LogP contribution < -0.4 is 10.9 Å². The molecule has 0 aliphatic rings. The molecule has 2 amide bonds. The highest BCUT2D eigenvalue weighted by Crippen LogP contribution is 2.26. The van der Waals surface area contributed by atoms with Crippen LogP contribution in [0.15, 0.2) is 36.4 Å². The second kappa shape index (κ2) is 13.3. The van der Waals surface area contributed by atoms with Crippen LogP contribution in [0.1, 0.15) is 52.5 Å². The molecule has 0 saturated carbocycles. The number of carbonyl (C=O) groups excluding carboxylic acids is 2. The minimum absolute atomic E-state index is 0.0407.